The lowest BCUT2D eigenvalue weighted by molar-refractivity contribution is -0.146. The average Bonchev–Trinajstić information content (AvgIpc) is 3.29. The van der Waals surface area contributed by atoms with E-state index in [1.165, 1.54) is 5.56 Å². The molecule has 8 heteroatoms. The number of nitrogens with one attached hydrogen (secondary N) is 1. The summed E-state index contributed by atoms with van der Waals surface area (Å²) in [6, 6.07) is 26.6. The molecule has 8 rings (SSSR count). The summed E-state index contributed by atoms with van der Waals surface area (Å²) in [5.41, 5.74) is 5.68. The molecule has 1 saturated heterocycles. The first-order chi connectivity index (χ1) is 20.6. The van der Waals surface area contributed by atoms with Crippen molar-refractivity contribution in [2.75, 3.05) is 5.32 Å². The summed E-state index contributed by atoms with van der Waals surface area (Å²) in [4.78, 5) is 40.2. The Labute approximate surface area is 259 Å². The maximum absolute atomic E-state index is 14.1. The zero-order chi connectivity index (χ0) is 30.3. The van der Waals surface area contributed by atoms with E-state index in [9.17, 15) is 14.4 Å². The van der Waals surface area contributed by atoms with Crippen LogP contribution in [-0.2, 0) is 24.1 Å². The molecule has 1 N–H and O–H groups in total. The summed E-state index contributed by atoms with van der Waals surface area (Å²) in [5.74, 6) is -2.09. The lowest BCUT2D eigenvalue weighted by atomic mass is 9.54. The van der Waals surface area contributed by atoms with Crippen molar-refractivity contribution < 1.29 is 19.1 Å². The molecule has 2 bridgehead atoms. The predicted molar refractivity (Wildman–Crippen MR) is 166 cm³/mol. The van der Waals surface area contributed by atoms with Crippen LogP contribution < -0.4 is 10.1 Å². The van der Waals surface area contributed by atoms with Gasteiger partial charge in [-0.25, -0.2) is 0 Å². The molecule has 1 fully saturated rings. The van der Waals surface area contributed by atoms with Crippen molar-refractivity contribution in [3.05, 3.63) is 124 Å². The van der Waals surface area contributed by atoms with Gasteiger partial charge in [0.1, 0.15) is 27.3 Å². The van der Waals surface area contributed by atoms with E-state index in [1.807, 2.05) is 80.6 Å². The van der Waals surface area contributed by atoms with Crippen molar-refractivity contribution in [1.82, 2.24) is 4.90 Å². The zero-order valence-corrected chi connectivity index (χ0v) is 25.2. The fourth-order valence-corrected chi connectivity index (χ4v) is 8.05. The maximum Gasteiger partial charge on any atom is 0.247 e. The number of carbonyl (C=O) groups excluding carboxylic acids is 3. The molecule has 0 unspecified atom stereocenters. The van der Waals surface area contributed by atoms with E-state index in [2.05, 4.69) is 5.32 Å². The molecule has 3 aliphatic carbocycles. The first-order valence-corrected chi connectivity index (χ1v) is 14.9. The third kappa shape index (κ3) is 3.82. The van der Waals surface area contributed by atoms with E-state index in [1.54, 1.807) is 31.2 Å². The summed E-state index contributed by atoms with van der Waals surface area (Å²) < 4.78 is 5.95. The smallest absolute Gasteiger partial charge is 0.247 e. The van der Waals surface area contributed by atoms with E-state index < -0.39 is 45.3 Å². The first-order valence-electron chi connectivity index (χ1n) is 14.2. The monoisotopic (exact) mass is 610 g/mol. The molecule has 6 nitrogen and oxygen atoms in total. The second kappa shape index (κ2) is 9.69. The number of alkyl halides is 2. The number of amides is 3. The number of carbonyl (C=O) groups is 3. The van der Waals surface area contributed by atoms with E-state index in [4.69, 9.17) is 27.9 Å². The van der Waals surface area contributed by atoms with Crippen LogP contribution in [0, 0.1) is 25.7 Å². The molecular formula is C35H28Cl2N2O4. The zero-order valence-electron chi connectivity index (χ0n) is 23.7. The van der Waals surface area contributed by atoms with Gasteiger partial charge in [-0.2, -0.15) is 0 Å². The number of imide groups is 1. The number of benzene rings is 4. The number of likely N-dealkylation sites (tertiary alicyclic amines) is 1. The molecule has 3 atom stereocenters. The molecule has 4 aromatic rings. The van der Waals surface area contributed by atoms with E-state index in [0.29, 0.717) is 17.2 Å². The second-order valence-corrected chi connectivity index (χ2v) is 12.7. The van der Waals surface area contributed by atoms with Crippen LogP contribution in [-0.4, -0.2) is 28.7 Å². The number of aryl methyl sites for hydroxylation is 2. The Hall–Kier alpha value is -4.13. The van der Waals surface area contributed by atoms with Gasteiger partial charge >= 0.3 is 0 Å². The van der Waals surface area contributed by atoms with Crippen LogP contribution in [0.5, 0.6) is 11.5 Å². The Morgan fingerprint density at radius 2 is 1.21 bits per heavy atom. The SMILES string of the molecule is Cc1ccc(Oc2ccc(NC(=O)[C@H](C)N3C(=O)[C@@H]4[C@@H](C3=O)C3(Cl)c5ccccc5C4(Cl)c4ccccc43)cc2)cc1C. The van der Waals surface area contributed by atoms with Gasteiger partial charge in [-0.1, -0.05) is 54.6 Å². The van der Waals surface area contributed by atoms with Crippen molar-refractivity contribution in [2.24, 2.45) is 11.8 Å². The molecule has 43 heavy (non-hydrogen) atoms. The van der Waals surface area contributed by atoms with Gasteiger partial charge in [-0.3, -0.25) is 19.3 Å². The van der Waals surface area contributed by atoms with Crippen LogP contribution in [0.1, 0.15) is 40.3 Å². The summed E-state index contributed by atoms with van der Waals surface area (Å²) in [6.45, 7) is 5.61. The van der Waals surface area contributed by atoms with Gasteiger partial charge < -0.3 is 10.1 Å². The molecule has 0 spiro atoms. The quantitative estimate of drug-likeness (QED) is 0.195. The highest BCUT2D eigenvalue weighted by Gasteiger charge is 2.73. The van der Waals surface area contributed by atoms with E-state index in [-0.39, 0.29) is 0 Å². The molecule has 1 aliphatic heterocycles. The molecule has 4 aliphatic rings. The summed E-state index contributed by atoms with van der Waals surface area (Å²) in [5, 5.41) is 2.83. The van der Waals surface area contributed by atoms with Gasteiger partial charge in [-0.15, -0.1) is 23.2 Å². The number of halogens is 2. The largest absolute Gasteiger partial charge is 0.457 e. The van der Waals surface area contributed by atoms with Gasteiger partial charge in [0, 0.05) is 5.69 Å². The van der Waals surface area contributed by atoms with Crippen LogP contribution in [0.3, 0.4) is 0 Å². The predicted octanol–water partition coefficient (Wildman–Crippen LogP) is 7.02. The minimum atomic E-state index is -1.29. The Morgan fingerprint density at radius 1 is 0.744 bits per heavy atom. The molecule has 4 aromatic carbocycles. The van der Waals surface area contributed by atoms with Crippen molar-refractivity contribution in [3.63, 3.8) is 0 Å². The topological polar surface area (TPSA) is 75.7 Å². The fraction of sp³-hybridized carbons (Fsp3) is 0.229. The third-order valence-corrected chi connectivity index (χ3v) is 10.5. The molecule has 0 aromatic heterocycles. The van der Waals surface area contributed by atoms with Crippen molar-refractivity contribution in [2.45, 2.75) is 36.6 Å². The number of ether oxygens (including phenoxy) is 1. The number of hydrogen-bond donors (Lipinski definition) is 1. The number of hydrogen-bond acceptors (Lipinski definition) is 4. The first kappa shape index (κ1) is 27.7. The van der Waals surface area contributed by atoms with Gasteiger partial charge in [0.25, 0.3) is 0 Å². The number of nitrogens with zero attached hydrogens (tertiary/aromatic N) is 1. The van der Waals surface area contributed by atoms with Gasteiger partial charge in [0.05, 0.1) is 11.8 Å². The highest BCUT2D eigenvalue weighted by molar-refractivity contribution is 6.36. The van der Waals surface area contributed by atoms with E-state index >= 15 is 0 Å². The van der Waals surface area contributed by atoms with Gasteiger partial charge in [0.2, 0.25) is 17.7 Å². The maximum atomic E-state index is 14.1. The minimum absolute atomic E-state index is 0.501. The van der Waals surface area contributed by atoms with Crippen LogP contribution in [0.2, 0.25) is 0 Å². The van der Waals surface area contributed by atoms with Crippen LogP contribution in [0.4, 0.5) is 5.69 Å². The average molecular weight is 612 g/mol. The Morgan fingerprint density at radius 3 is 1.67 bits per heavy atom. The summed E-state index contributed by atoms with van der Waals surface area (Å²) in [6.07, 6.45) is 0. The Kier molecular flexibility index (Phi) is 6.24. The van der Waals surface area contributed by atoms with Crippen molar-refractivity contribution in [1.29, 1.82) is 0 Å². The number of anilines is 1. The lowest BCUT2D eigenvalue weighted by Crippen LogP contribution is -2.57. The minimum Gasteiger partial charge on any atom is -0.457 e. The third-order valence-electron chi connectivity index (χ3n) is 9.22. The fourth-order valence-electron chi connectivity index (χ4n) is 6.95. The van der Waals surface area contributed by atoms with E-state index in [0.717, 1.165) is 32.7 Å². The Balaban J connectivity index is 1.15. The highest BCUT2D eigenvalue weighted by atomic mass is 35.5. The Bertz CT molecular complexity index is 1710. The number of rotatable bonds is 5. The van der Waals surface area contributed by atoms with Crippen LogP contribution in [0.25, 0.3) is 0 Å². The van der Waals surface area contributed by atoms with Crippen molar-refractivity contribution >= 4 is 46.6 Å². The molecule has 0 radical (unpaired) electrons. The van der Waals surface area contributed by atoms with Crippen LogP contribution >= 0.6 is 23.2 Å². The van der Waals surface area contributed by atoms with Crippen molar-refractivity contribution in [3.8, 4) is 11.5 Å². The highest BCUT2D eigenvalue weighted by Crippen LogP contribution is 2.69. The normalized spacial score (nSPS) is 25.6. The molecule has 3 amide bonds. The second-order valence-electron chi connectivity index (χ2n) is 11.6. The van der Waals surface area contributed by atoms with Gasteiger partial charge in [0.15, 0.2) is 0 Å². The van der Waals surface area contributed by atoms with Crippen LogP contribution in [0.15, 0.2) is 91.0 Å². The summed E-state index contributed by atoms with van der Waals surface area (Å²) in [7, 11) is 0. The summed E-state index contributed by atoms with van der Waals surface area (Å²) >= 11 is 15.0. The van der Waals surface area contributed by atoms with Gasteiger partial charge in [-0.05, 0) is 90.6 Å². The molecule has 1 heterocycles. The standard InChI is InChI=1S/C35H28Cl2N2O4/c1-19-12-15-24(18-20(19)2)43-23-16-13-22(14-17-23)38-31(40)21(3)39-32(41)29-30(33(39)42)35(37)26-9-5-4-8-25(26)34(29,36)27-10-6-7-11-28(27)35/h4-18,21,29-30H,1-3H3,(H,38,40)/t21-,29-,30-,34?,35?/m0/s1. The molecule has 0 saturated carbocycles. The molecular weight excluding hydrogens is 583 g/mol. The lowest BCUT2D eigenvalue weighted by Gasteiger charge is -2.54. The molecule has 216 valence electrons.